The zero-order chi connectivity index (χ0) is 19.1. The molecule has 0 radical (unpaired) electrons. The zero-order valence-corrected chi connectivity index (χ0v) is 21.1. The quantitative estimate of drug-likeness (QED) is 0.308. The van der Waals surface area contributed by atoms with Gasteiger partial charge in [0, 0.05) is 53.8 Å². The molecule has 0 saturated carbocycles. The first-order valence-corrected chi connectivity index (χ1v) is 11.6. The summed E-state index contributed by atoms with van der Waals surface area (Å²) in [5.41, 5.74) is 0. The molecule has 156 valence electrons. The van der Waals surface area contributed by atoms with E-state index in [0.717, 1.165) is 25.5 Å². The Hall–Kier alpha value is -0.640. The van der Waals surface area contributed by atoms with E-state index in [1.54, 1.807) is 0 Å². The minimum atomic E-state index is 0. The summed E-state index contributed by atoms with van der Waals surface area (Å²) in [5.74, 6) is 1.61. The molecule has 2 aromatic rings. The molecule has 1 saturated heterocycles. The van der Waals surface area contributed by atoms with Crippen molar-refractivity contribution < 1.29 is 0 Å². The molecule has 7 heteroatoms. The fourth-order valence-corrected chi connectivity index (χ4v) is 5.47. The first kappa shape index (κ1) is 23.6. The van der Waals surface area contributed by atoms with E-state index in [0.29, 0.717) is 12.0 Å². The van der Waals surface area contributed by atoms with Crippen LogP contribution in [0.3, 0.4) is 0 Å². The molecule has 0 spiro atoms. The van der Waals surface area contributed by atoms with Crippen molar-refractivity contribution in [1.82, 2.24) is 15.5 Å². The van der Waals surface area contributed by atoms with E-state index in [4.69, 9.17) is 0 Å². The van der Waals surface area contributed by atoms with E-state index in [9.17, 15) is 0 Å². The maximum absolute atomic E-state index is 4.42. The lowest BCUT2D eigenvalue weighted by molar-refractivity contribution is 0.169. The summed E-state index contributed by atoms with van der Waals surface area (Å²) in [4.78, 5) is 11.3. The lowest BCUT2D eigenvalue weighted by Gasteiger charge is -2.33. The molecule has 1 fully saturated rings. The number of piperidine rings is 1. The standard InChI is InChI=1S/C21H32N4S2.HI/c1-16(12-19-9-8-17(2)27-19)24-21(22-3)23-13-18-6-4-10-25(14-18)15-20-7-5-11-26-20;/h5,7-9,11,16,18H,4,6,10,12-15H2,1-3H3,(H2,22,23,24);1H. The molecule has 3 heterocycles. The van der Waals surface area contributed by atoms with Gasteiger partial charge < -0.3 is 10.6 Å². The van der Waals surface area contributed by atoms with Crippen LogP contribution in [-0.2, 0) is 13.0 Å². The fourth-order valence-electron chi connectivity index (χ4n) is 3.70. The highest BCUT2D eigenvalue weighted by Crippen LogP contribution is 2.20. The minimum absolute atomic E-state index is 0. The number of aryl methyl sites for hydroxylation is 1. The van der Waals surface area contributed by atoms with Crippen molar-refractivity contribution in [2.75, 3.05) is 26.7 Å². The molecule has 0 aliphatic carbocycles. The molecule has 2 N–H and O–H groups in total. The van der Waals surface area contributed by atoms with E-state index >= 15 is 0 Å². The second kappa shape index (κ2) is 12.1. The van der Waals surface area contributed by atoms with Crippen LogP contribution < -0.4 is 10.6 Å². The number of hydrogen-bond acceptors (Lipinski definition) is 4. The Balaban J connectivity index is 0.00000280. The highest BCUT2D eigenvalue weighted by atomic mass is 127. The molecule has 0 aromatic carbocycles. The van der Waals surface area contributed by atoms with Crippen LogP contribution >= 0.6 is 46.7 Å². The largest absolute Gasteiger partial charge is 0.356 e. The Morgan fingerprint density at radius 2 is 2.18 bits per heavy atom. The minimum Gasteiger partial charge on any atom is -0.356 e. The summed E-state index contributed by atoms with van der Waals surface area (Å²) in [6.07, 6.45) is 3.63. The maximum Gasteiger partial charge on any atom is 0.191 e. The normalized spacial score (nSPS) is 19.1. The molecule has 28 heavy (non-hydrogen) atoms. The van der Waals surface area contributed by atoms with Gasteiger partial charge in [0.2, 0.25) is 0 Å². The molecule has 4 nitrogen and oxygen atoms in total. The first-order chi connectivity index (χ1) is 13.1. The molecule has 2 atom stereocenters. The number of thiophene rings is 2. The Kier molecular flexibility index (Phi) is 10.3. The van der Waals surface area contributed by atoms with Gasteiger partial charge in [0.1, 0.15) is 0 Å². The van der Waals surface area contributed by atoms with Crippen molar-refractivity contribution in [2.24, 2.45) is 10.9 Å². The van der Waals surface area contributed by atoms with Crippen molar-refractivity contribution in [3.05, 3.63) is 44.3 Å². The number of halogens is 1. The third-order valence-corrected chi connectivity index (χ3v) is 6.92. The third kappa shape index (κ3) is 7.65. The Bertz CT molecular complexity index is 714. The number of guanidine groups is 1. The summed E-state index contributed by atoms with van der Waals surface area (Å²) in [6.45, 7) is 8.87. The number of nitrogens with one attached hydrogen (secondary N) is 2. The summed E-state index contributed by atoms with van der Waals surface area (Å²) in [7, 11) is 1.86. The van der Waals surface area contributed by atoms with Crippen LogP contribution in [0.25, 0.3) is 0 Å². The van der Waals surface area contributed by atoms with E-state index in [2.05, 4.69) is 64.0 Å². The Morgan fingerprint density at radius 1 is 1.32 bits per heavy atom. The van der Waals surface area contributed by atoms with Gasteiger partial charge in [-0.2, -0.15) is 0 Å². The summed E-state index contributed by atoms with van der Waals surface area (Å²) < 4.78 is 0. The summed E-state index contributed by atoms with van der Waals surface area (Å²) >= 11 is 3.75. The van der Waals surface area contributed by atoms with Crippen molar-refractivity contribution in [2.45, 2.75) is 45.7 Å². The van der Waals surface area contributed by atoms with Gasteiger partial charge in [-0.25, -0.2) is 0 Å². The average Bonchev–Trinajstić information content (AvgIpc) is 3.30. The van der Waals surface area contributed by atoms with Crippen LogP contribution in [0.2, 0.25) is 0 Å². The van der Waals surface area contributed by atoms with Crippen LogP contribution in [0, 0.1) is 12.8 Å². The molecule has 0 amide bonds. The molecular weight excluding hydrogens is 499 g/mol. The van der Waals surface area contributed by atoms with Gasteiger partial charge in [-0.15, -0.1) is 46.7 Å². The predicted octanol–water partition coefficient (Wildman–Crippen LogP) is 4.74. The molecule has 1 aliphatic rings. The van der Waals surface area contributed by atoms with Gasteiger partial charge >= 0.3 is 0 Å². The second-order valence-electron chi connectivity index (χ2n) is 7.54. The van der Waals surface area contributed by atoms with Crippen LogP contribution in [0.15, 0.2) is 34.6 Å². The van der Waals surface area contributed by atoms with E-state index in [1.807, 2.05) is 29.7 Å². The number of aliphatic imine (C=N–C) groups is 1. The Labute approximate surface area is 194 Å². The smallest absolute Gasteiger partial charge is 0.191 e. The van der Waals surface area contributed by atoms with Gasteiger partial charge in [0.15, 0.2) is 5.96 Å². The second-order valence-corrected chi connectivity index (χ2v) is 9.94. The summed E-state index contributed by atoms with van der Waals surface area (Å²) in [5, 5.41) is 9.28. The number of hydrogen-bond donors (Lipinski definition) is 2. The SMILES string of the molecule is CN=C(NCC1CCCN(Cc2cccs2)C1)NC(C)Cc1ccc(C)s1.I. The molecule has 1 aliphatic heterocycles. The summed E-state index contributed by atoms with van der Waals surface area (Å²) in [6, 6.07) is 9.20. The van der Waals surface area contributed by atoms with Crippen LogP contribution in [0.1, 0.15) is 34.4 Å². The predicted molar refractivity (Wildman–Crippen MR) is 134 cm³/mol. The lowest BCUT2D eigenvalue weighted by atomic mass is 9.98. The third-order valence-electron chi connectivity index (χ3n) is 5.03. The first-order valence-electron chi connectivity index (χ1n) is 9.89. The number of rotatable bonds is 7. The fraction of sp³-hybridized carbons (Fsp3) is 0.571. The average molecular weight is 533 g/mol. The van der Waals surface area contributed by atoms with Crippen molar-refractivity contribution in [3.63, 3.8) is 0 Å². The molecular formula is C21H33IN4S2. The molecule has 0 bridgehead atoms. The van der Waals surface area contributed by atoms with Crippen LogP contribution in [-0.4, -0.2) is 43.6 Å². The van der Waals surface area contributed by atoms with Gasteiger partial charge in [-0.1, -0.05) is 6.07 Å². The van der Waals surface area contributed by atoms with Gasteiger partial charge in [-0.3, -0.25) is 9.89 Å². The number of nitrogens with zero attached hydrogens (tertiary/aromatic N) is 2. The van der Waals surface area contributed by atoms with Crippen molar-refractivity contribution in [3.8, 4) is 0 Å². The van der Waals surface area contributed by atoms with Crippen LogP contribution in [0.4, 0.5) is 0 Å². The zero-order valence-electron chi connectivity index (χ0n) is 17.1. The van der Waals surface area contributed by atoms with Crippen molar-refractivity contribution >= 4 is 52.6 Å². The van der Waals surface area contributed by atoms with Crippen molar-refractivity contribution in [1.29, 1.82) is 0 Å². The Morgan fingerprint density at radius 3 is 2.86 bits per heavy atom. The highest BCUT2D eigenvalue weighted by molar-refractivity contribution is 14.0. The highest BCUT2D eigenvalue weighted by Gasteiger charge is 2.20. The molecule has 3 rings (SSSR count). The molecule has 2 unspecified atom stereocenters. The van der Waals surface area contributed by atoms with Gasteiger partial charge in [0.25, 0.3) is 0 Å². The topological polar surface area (TPSA) is 39.7 Å². The lowest BCUT2D eigenvalue weighted by Crippen LogP contribution is -2.46. The van der Waals surface area contributed by atoms with Gasteiger partial charge in [-0.05, 0) is 62.7 Å². The molecule has 2 aromatic heterocycles. The van der Waals surface area contributed by atoms with E-state index in [-0.39, 0.29) is 24.0 Å². The number of likely N-dealkylation sites (tertiary alicyclic amines) is 1. The van der Waals surface area contributed by atoms with E-state index < -0.39 is 0 Å². The van der Waals surface area contributed by atoms with Gasteiger partial charge in [0.05, 0.1) is 0 Å². The monoisotopic (exact) mass is 532 g/mol. The van der Waals surface area contributed by atoms with E-state index in [1.165, 1.54) is 40.6 Å². The maximum atomic E-state index is 4.42. The van der Waals surface area contributed by atoms with Crippen LogP contribution in [0.5, 0.6) is 0 Å².